The minimum Gasteiger partial charge on any atom is -0.301 e. The summed E-state index contributed by atoms with van der Waals surface area (Å²) in [5, 5.41) is 0. The molecular formula is C20H26BrN3O2S. The molecule has 0 radical (unpaired) electrons. The van der Waals surface area contributed by atoms with E-state index < -0.39 is 10.0 Å². The Kier molecular flexibility index (Phi) is 7.43. The molecule has 1 fully saturated rings. The quantitative estimate of drug-likeness (QED) is 0.626. The molecule has 1 aliphatic rings. The first-order valence-corrected chi connectivity index (χ1v) is 11.5. The maximum absolute atomic E-state index is 12.4. The van der Waals surface area contributed by atoms with Gasteiger partial charge in [0.05, 0.1) is 4.90 Å². The van der Waals surface area contributed by atoms with Gasteiger partial charge in [0.25, 0.3) is 0 Å². The Hall–Kier alpha value is -1.25. The molecule has 1 N–H and O–H groups in total. The van der Waals surface area contributed by atoms with E-state index in [0.717, 1.165) is 45.7 Å². The molecule has 0 amide bonds. The smallest absolute Gasteiger partial charge is 0.241 e. The van der Waals surface area contributed by atoms with Crippen molar-refractivity contribution < 1.29 is 8.42 Å². The summed E-state index contributed by atoms with van der Waals surface area (Å²) in [6.07, 6.45) is 0.808. The third kappa shape index (κ3) is 6.12. The summed E-state index contributed by atoms with van der Waals surface area (Å²) in [5.41, 5.74) is 1.35. The van der Waals surface area contributed by atoms with Crippen LogP contribution in [0.3, 0.4) is 0 Å². The molecule has 146 valence electrons. The maximum atomic E-state index is 12.4. The van der Waals surface area contributed by atoms with Gasteiger partial charge in [0.2, 0.25) is 10.0 Å². The minimum absolute atomic E-state index is 0.291. The monoisotopic (exact) mass is 451 g/mol. The van der Waals surface area contributed by atoms with E-state index in [4.69, 9.17) is 0 Å². The Balaban J connectivity index is 1.36. The fourth-order valence-corrected chi connectivity index (χ4v) is 5.34. The van der Waals surface area contributed by atoms with Crippen LogP contribution >= 0.6 is 15.9 Å². The molecule has 2 aromatic carbocycles. The number of rotatable bonds is 8. The summed E-state index contributed by atoms with van der Waals surface area (Å²) in [6, 6.07) is 17.4. The van der Waals surface area contributed by atoms with E-state index in [1.807, 2.05) is 6.07 Å². The van der Waals surface area contributed by atoms with Crippen LogP contribution in [-0.2, 0) is 16.6 Å². The van der Waals surface area contributed by atoms with E-state index in [9.17, 15) is 8.42 Å². The molecule has 1 heterocycles. The zero-order chi connectivity index (χ0) is 19.1. The number of nitrogens with zero attached hydrogens (tertiary/aromatic N) is 2. The number of piperazine rings is 1. The van der Waals surface area contributed by atoms with Crippen molar-refractivity contribution in [2.45, 2.75) is 17.9 Å². The van der Waals surface area contributed by atoms with Crippen LogP contribution in [0.15, 0.2) is 64.0 Å². The summed E-state index contributed by atoms with van der Waals surface area (Å²) < 4.78 is 28.0. The van der Waals surface area contributed by atoms with Crippen molar-refractivity contribution in [3.8, 4) is 0 Å². The highest BCUT2D eigenvalue weighted by atomic mass is 79.9. The van der Waals surface area contributed by atoms with E-state index in [2.05, 4.69) is 54.7 Å². The van der Waals surface area contributed by atoms with Gasteiger partial charge in [0.1, 0.15) is 0 Å². The van der Waals surface area contributed by atoms with Crippen molar-refractivity contribution in [1.82, 2.24) is 14.5 Å². The van der Waals surface area contributed by atoms with Crippen molar-refractivity contribution in [3.63, 3.8) is 0 Å². The summed E-state index contributed by atoms with van der Waals surface area (Å²) in [6.45, 7) is 6.54. The topological polar surface area (TPSA) is 52.7 Å². The molecule has 7 heteroatoms. The Morgan fingerprint density at radius 3 is 2.22 bits per heavy atom. The summed E-state index contributed by atoms with van der Waals surface area (Å²) in [7, 11) is -3.46. The van der Waals surface area contributed by atoms with Crippen LogP contribution in [0.25, 0.3) is 0 Å². The van der Waals surface area contributed by atoms with Crippen molar-refractivity contribution in [2.24, 2.45) is 0 Å². The van der Waals surface area contributed by atoms with Gasteiger partial charge in [0, 0.05) is 43.7 Å². The van der Waals surface area contributed by atoms with E-state index in [-0.39, 0.29) is 0 Å². The molecule has 0 bridgehead atoms. The predicted molar refractivity (Wildman–Crippen MR) is 112 cm³/mol. The zero-order valence-electron chi connectivity index (χ0n) is 15.4. The number of hydrogen-bond acceptors (Lipinski definition) is 4. The van der Waals surface area contributed by atoms with E-state index in [1.165, 1.54) is 5.56 Å². The molecule has 2 aromatic rings. The first kappa shape index (κ1) is 20.5. The molecule has 1 aliphatic heterocycles. The highest BCUT2D eigenvalue weighted by Gasteiger charge is 2.18. The number of hydrogen-bond donors (Lipinski definition) is 1. The molecule has 0 saturated carbocycles. The number of benzene rings is 2. The Bertz CT molecular complexity index is 822. The van der Waals surface area contributed by atoms with Gasteiger partial charge in [-0.25, -0.2) is 13.1 Å². The number of nitrogens with one attached hydrogen (secondary N) is 1. The maximum Gasteiger partial charge on any atom is 0.241 e. The molecule has 5 nitrogen and oxygen atoms in total. The van der Waals surface area contributed by atoms with Crippen LogP contribution in [0.1, 0.15) is 12.0 Å². The van der Waals surface area contributed by atoms with Gasteiger partial charge in [-0.2, -0.15) is 0 Å². The molecule has 0 spiro atoms. The first-order chi connectivity index (χ1) is 13.0. The standard InChI is InChI=1S/C20H26BrN3O2S/c21-19-9-4-5-10-20(19)27(25,26)22-11-6-12-23-13-15-24(16-14-23)17-18-7-2-1-3-8-18/h1-5,7-10,22H,6,11-17H2. The second kappa shape index (κ2) is 9.80. The van der Waals surface area contributed by atoms with Gasteiger partial charge >= 0.3 is 0 Å². The number of halogens is 1. The highest BCUT2D eigenvalue weighted by molar-refractivity contribution is 9.10. The molecule has 1 saturated heterocycles. The largest absolute Gasteiger partial charge is 0.301 e. The average Bonchev–Trinajstić information content (AvgIpc) is 2.67. The molecular weight excluding hydrogens is 426 g/mol. The Labute approximate surface area is 170 Å². The lowest BCUT2D eigenvalue weighted by atomic mass is 10.2. The van der Waals surface area contributed by atoms with E-state index >= 15 is 0 Å². The predicted octanol–water partition coefficient (Wildman–Crippen LogP) is 2.94. The molecule has 0 atom stereocenters. The van der Waals surface area contributed by atoms with Crippen LogP contribution in [0.2, 0.25) is 0 Å². The van der Waals surface area contributed by atoms with Crippen LogP contribution in [0.5, 0.6) is 0 Å². The SMILES string of the molecule is O=S(=O)(NCCCN1CCN(Cc2ccccc2)CC1)c1ccccc1Br. The third-order valence-electron chi connectivity index (χ3n) is 4.78. The van der Waals surface area contributed by atoms with Crippen molar-refractivity contribution in [2.75, 3.05) is 39.3 Å². The van der Waals surface area contributed by atoms with Gasteiger partial charge in [-0.05, 0) is 46.6 Å². The zero-order valence-corrected chi connectivity index (χ0v) is 17.8. The second-order valence-electron chi connectivity index (χ2n) is 6.79. The number of sulfonamides is 1. The Morgan fingerprint density at radius 2 is 1.52 bits per heavy atom. The van der Waals surface area contributed by atoms with Crippen LogP contribution in [0.4, 0.5) is 0 Å². The Morgan fingerprint density at radius 1 is 0.889 bits per heavy atom. The molecule has 0 unspecified atom stereocenters. The molecule has 0 aromatic heterocycles. The van der Waals surface area contributed by atoms with E-state index in [0.29, 0.717) is 15.9 Å². The van der Waals surface area contributed by atoms with Crippen LogP contribution < -0.4 is 4.72 Å². The van der Waals surface area contributed by atoms with Crippen molar-refractivity contribution >= 4 is 26.0 Å². The normalized spacial score (nSPS) is 16.5. The molecule has 0 aliphatic carbocycles. The highest BCUT2D eigenvalue weighted by Crippen LogP contribution is 2.20. The van der Waals surface area contributed by atoms with Gasteiger partial charge in [-0.3, -0.25) is 4.90 Å². The summed E-state index contributed by atoms with van der Waals surface area (Å²) >= 11 is 3.30. The summed E-state index contributed by atoms with van der Waals surface area (Å²) in [5.74, 6) is 0. The van der Waals surface area contributed by atoms with Crippen LogP contribution in [0, 0.1) is 0 Å². The third-order valence-corrected chi connectivity index (χ3v) is 7.26. The minimum atomic E-state index is -3.46. The van der Waals surface area contributed by atoms with Gasteiger partial charge in [0.15, 0.2) is 0 Å². The van der Waals surface area contributed by atoms with Crippen molar-refractivity contribution in [1.29, 1.82) is 0 Å². The lowest BCUT2D eigenvalue weighted by Gasteiger charge is -2.34. The lowest BCUT2D eigenvalue weighted by Crippen LogP contribution is -2.46. The van der Waals surface area contributed by atoms with Gasteiger partial charge in [-0.1, -0.05) is 42.5 Å². The first-order valence-electron chi connectivity index (χ1n) is 9.27. The van der Waals surface area contributed by atoms with Crippen LogP contribution in [-0.4, -0.2) is 57.5 Å². The van der Waals surface area contributed by atoms with E-state index in [1.54, 1.807) is 24.3 Å². The van der Waals surface area contributed by atoms with Crippen molar-refractivity contribution in [3.05, 3.63) is 64.6 Å². The fraction of sp³-hybridized carbons (Fsp3) is 0.400. The molecule has 27 heavy (non-hydrogen) atoms. The van der Waals surface area contributed by atoms with Gasteiger partial charge in [-0.15, -0.1) is 0 Å². The average molecular weight is 452 g/mol. The fourth-order valence-electron chi connectivity index (χ4n) is 3.26. The summed E-state index contributed by atoms with van der Waals surface area (Å²) in [4.78, 5) is 5.18. The molecule has 3 rings (SSSR count). The second-order valence-corrected chi connectivity index (χ2v) is 9.37. The lowest BCUT2D eigenvalue weighted by molar-refractivity contribution is 0.126. The van der Waals surface area contributed by atoms with Gasteiger partial charge < -0.3 is 4.90 Å².